The Bertz CT molecular complexity index is 1200. The number of ether oxygens (including phenoxy) is 1. The number of carbonyl (C=O) groups excluding carboxylic acids is 3. The van der Waals surface area contributed by atoms with Crippen LogP contribution in [0.5, 0.6) is 5.75 Å². The van der Waals surface area contributed by atoms with Gasteiger partial charge >= 0.3 is 0 Å². The van der Waals surface area contributed by atoms with Gasteiger partial charge < -0.3 is 10.1 Å². The summed E-state index contributed by atoms with van der Waals surface area (Å²) in [6.45, 7) is 3.77. The molecule has 4 rings (SSSR count). The van der Waals surface area contributed by atoms with Crippen molar-refractivity contribution in [1.29, 1.82) is 0 Å². The van der Waals surface area contributed by atoms with Crippen molar-refractivity contribution in [1.82, 2.24) is 0 Å². The predicted octanol–water partition coefficient (Wildman–Crippen LogP) is 4.78. The third kappa shape index (κ3) is 4.31. The molecule has 0 aliphatic heterocycles. The summed E-state index contributed by atoms with van der Waals surface area (Å²) in [5.41, 5.74) is 4.48. The second kappa shape index (κ2) is 8.40. The Labute approximate surface area is 180 Å². The number of anilines is 1. The van der Waals surface area contributed by atoms with Gasteiger partial charge in [0.2, 0.25) is 0 Å². The summed E-state index contributed by atoms with van der Waals surface area (Å²) in [6.07, 6.45) is 1.56. The molecule has 31 heavy (non-hydrogen) atoms. The van der Waals surface area contributed by atoms with Gasteiger partial charge in [-0.1, -0.05) is 54.1 Å². The van der Waals surface area contributed by atoms with Gasteiger partial charge in [-0.15, -0.1) is 0 Å². The topological polar surface area (TPSA) is 72.5 Å². The van der Waals surface area contributed by atoms with E-state index >= 15 is 0 Å². The zero-order valence-corrected chi connectivity index (χ0v) is 17.3. The van der Waals surface area contributed by atoms with Crippen molar-refractivity contribution in [3.8, 4) is 5.75 Å². The van der Waals surface area contributed by atoms with Crippen molar-refractivity contribution in [3.63, 3.8) is 0 Å². The minimum absolute atomic E-state index is 0.130. The molecule has 0 bridgehead atoms. The number of aryl methyl sites for hydroxylation is 2. The van der Waals surface area contributed by atoms with E-state index in [1.54, 1.807) is 54.6 Å². The Morgan fingerprint density at radius 3 is 2.29 bits per heavy atom. The summed E-state index contributed by atoms with van der Waals surface area (Å²) in [7, 11) is 0. The van der Waals surface area contributed by atoms with Crippen LogP contribution in [0.1, 0.15) is 37.4 Å². The molecule has 0 unspecified atom stereocenters. The van der Waals surface area contributed by atoms with E-state index in [-0.39, 0.29) is 29.7 Å². The summed E-state index contributed by atoms with van der Waals surface area (Å²) in [5.74, 6) is -0.354. The molecule has 0 heterocycles. The third-order valence-corrected chi connectivity index (χ3v) is 5.10. The fourth-order valence-corrected chi connectivity index (χ4v) is 3.55. The van der Waals surface area contributed by atoms with Crippen LogP contribution in [-0.4, -0.2) is 24.1 Å². The zero-order valence-electron chi connectivity index (χ0n) is 17.3. The number of Topliss-reactive ketones (excluding diaryl/α,β-unsaturated/α-hetero) is 2. The number of nitrogens with one attached hydrogen (secondary N) is 1. The molecular weight excluding hydrogens is 390 g/mol. The Morgan fingerprint density at radius 1 is 0.903 bits per heavy atom. The van der Waals surface area contributed by atoms with E-state index in [1.807, 2.05) is 32.0 Å². The van der Waals surface area contributed by atoms with Crippen molar-refractivity contribution in [2.75, 3.05) is 11.9 Å². The van der Waals surface area contributed by atoms with Crippen molar-refractivity contribution in [2.45, 2.75) is 13.8 Å². The number of benzene rings is 3. The number of fused-ring (bicyclic) bond motifs is 1. The van der Waals surface area contributed by atoms with E-state index in [2.05, 4.69) is 5.32 Å². The SMILES string of the molecule is Cc1ccc(NC(=O)COc2cccc(C=C3C(=O)c4ccccc4C3=O)c2)c(C)c1. The third-order valence-electron chi connectivity index (χ3n) is 5.10. The summed E-state index contributed by atoms with van der Waals surface area (Å²) in [5, 5.41) is 2.84. The highest BCUT2D eigenvalue weighted by atomic mass is 16.5. The van der Waals surface area contributed by atoms with Crippen LogP contribution in [0.3, 0.4) is 0 Å². The Balaban J connectivity index is 1.44. The molecule has 0 saturated heterocycles. The van der Waals surface area contributed by atoms with E-state index in [1.165, 1.54) is 0 Å². The molecular formula is C26H21NO4. The van der Waals surface area contributed by atoms with E-state index in [4.69, 9.17) is 4.74 Å². The summed E-state index contributed by atoms with van der Waals surface area (Å²) < 4.78 is 5.61. The predicted molar refractivity (Wildman–Crippen MR) is 120 cm³/mol. The standard InChI is InChI=1S/C26H21NO4/c1-16-10-11-23(17(2)12-16)27-24(28)15-31-19-7-5-6-18(13-19)14-22-25(29)20-8-3-4-9-21(20)26(22)30/h3-14H,15H2,1-2H3,(H,27,28). The minimum atomic E-state index is -0.278. The van der Waals surface area contributed by atoms with Crippen LogP contribution in [0.2, 0.25) is 0 Å². The molecule has 0 fully saturated rings. The van der Waals surface area contributed by atoms with Crippen LogP contribution in [0, 0.1) is 13.8 Å². The Hall–Kier alpha value is -3.99. The Morgan fingerprint density at radius 2 is 1.61 bits per heavy atom. The molecule has 0 atom stereocenters. The largest absolute Gasteiger partial charge is 0.484 e. The van der Waals surface area contributed by atoms with Crippen molar-refractivity contribution in [3.05, 3.63) is 100 Å². The lowest BCUT2D eigenvalue weighted by Gasteiger charge is -2.10. The van der Waals surface area contributed by atoms with Crippen LogP contribution < -0.4 is 10.1 Å². The molecule has 0 saturated carbocycles. The maximum absolute atomic E-state index is 12.6. The number of allylic oxidation sites excluding steroid dienone is 1. The normalized spacial score (nSPS) is 12.5. The molecule has 5 heteroatoms. The van der Waals surface area contributed by atoms with Gasteiger partial charge in [0.1, 0.15) is 5.75 Å². The molecule has 3 aromatic carbocycles. The zero-order chi connectivity index (χ0) is 22.0. The van der Waals surface area contributed by atoms with Gasteiger partial charge in [0.25, 0.3) is 5.91 Å². The average Bonchev–Trinajstić information content (AvgIpc) is 3.00. The molecule has 0 aromatic heterocycles. The van der Waals surface area contributed by atoms with E-state index in [0.29, 0.717) is 22.4 Å². The number of amides is 1. The first-order chi connectivity index (χ1) is 14.9. The van der Waals surface area contributed by atoms with E-state index < -0.39 is 0 Å². The molecule has 5 nitrogen and oxygen atoms in total. The second-order valence-electron chi connectivity index (χ2n) is 7.49. The first-order valence-corrected chi connectivity index (χ1v) is 9.92. The number of rotatable bonds is 5. The van der Waals surface area contributed by atoms with Gasteiger partial charge in [-0.05, 0) is 49.2 Å². The summed E-state index contributed by atoms with van der Waals surface area (Å²) in [6, 6.07) is 19.5. The molecule has 1 aliphatic carbocycles. The monoisotopic (exact) mass is 411 g/mol. The van der Waals surface area contributed by atoms with Crippen molar-refractivity contribution < 1.29 is 19.1 Å². The first-order valence-electron chi connectivity index (χ1n) is 9.92. The molecule has 1 aliphatic rings. The number of carbonyl (C=O) groups is 3. The second-order valence-corrected chi connectivity index (χ2v) is 7.49. The highest BCUT2D eigenvalue weighted by Gasteiger charge is 2.32. The molecule has 154 valence electrons. The smallest absolute Gasteiger partial charge is 0.262 e. The fourth-order valence-electron chi connectivity index (χ4n) is 3.55. The molecule has 0 spiro atoms. The van der Waals surface area contributed by atoms with Crippen LogP contribution >= 0.6 is 0 Å². The van der Waals surface area contributed by atoms with Gasteiger partial charge in [-0.25, -0.2) is 0 Å². The van der Waals surface area contributed by atoms with Gasteiger partial charge in [0.15, 0.2) is 18.2 Å². The quantitative estimate of drug-likeness (QED) is 0.484. The van der Waals surface area contributed by atoms with Crippen LogP contribution in [-0.2, 0) is 4.79 Å². The van der Waals surface area contributed by atoms with Gasteiger partial charge in [0.05, 0.1) is 5.57 Å². The lowest BCUT2D eigenvalue weighted by atomic mass is 10.1. The van der Waals surface area contributed by atoms with Crippen molar-refractivity contribution >= 4 is 29.2 Å². The van der Waals surface area contributed by atoms with Crippen LogP contribution in [0.15, 0.2) is 72.3 Å². The summed E-state index contributed by atoms with van der Waals surface area (Å²) >= 11 is 0. The number of hydrogen-bond donors (Lipinski definition) is 1. The Kier molecular flexibility index (Phi) is 5.50. The fraction of sp³-hybridized carbons (Fsp3) is 0.115. The average molecular weight is 411 g/mol. The highest BCUT2D eigenvalue weighted by molar-refractivity contribution is 6.41. The van der Waals surface area contributed by atoms with Crippen LogP contribution in [0.4, 0.5) is 5.69 Å². The maximum Gasteiger partial charge on any atom is 0.262 e. The highest BCUT2D eigenvalue weighted by Crippen LogP contribution is 2.28. The van der Waals surface area contributed by atoms with Gasteiger partial charge in [-0.2, -0.15) is 0 Å². The number of hydrogen-bond acceptors (Lipinski definition) is 4. The van der Waals surface area contributed by atoms with Gasteiger partial charge in [-0.3, -0.25) is 14.4 Å². The van der Waals surface area contributed by atoms with E-state index in [0.717, 1.165) is 16.8 Å². The molecule has 0 radical (unpaired) electrons. The molecule has 1 N–H and O–H groups in total. The summed E-state index contributed by atoms with van der Waals surface area (Å²) in [4.78, 5) is 37.4. The lowest BCUT2D eigenvalue weighted by Crippen LogP contribution is -2.20. The minimum Gasteiger partial charge on any atom is -0.484 e. The molecule has 3 aromatic rings. The van der Waals surface area contributed by atoms with Gasteiger partial charge in [0, 0.05) is 16.8 Å². The van der Waals surface area contributed by atoms with Crippen LogP contribution in [0.25, 0.3) is 6.08 Å². The number of ketones is 2. The van der Waals surface area contributed by atoms with Crippen molar-refractivity contribution in [2.24, 2.45) is 0 Å². The first kappa shape index (κ1) is 20.3. The maximum atomic E-state index is 12.6. The lowest BCUT2D eigenvalue weighted by molar-refractivity contribution is -0.118. The molecule has 1 amide bonds. The van der Waals surface area contributed by atoms with E-state index in [9.17, 15) is 14.4 Å².